The molecule has 1 aliphatic carbocycles. The van der Waals surface area contributed by atoms with Gasteiger partial charge < -0.3 is 9.64 Å². The molecule has 126 valence electrons. The molecular formula is C16H24N4O2S. The van der Waals surface area contributed by atoms with Crippen LogP contribution >= 0.6 is 11.3 Å². The van der Waals surface area contributed by atoms with Crippen molar-refractivity contribution in [3.8, 4) is 0 Å². The van der Waals surface area contributed by atoms with Gasteiger partial charge in [-0.3, -0.25) is 4.79 Å². The normalized spacial score (nSPS) is 20.1. The Morgan fingerprint density at radius 3 is 2.96 bits per heavy atom. The van der Waals surface area contributed by atoms with Crippen LogP contribution in [-0.4, -0.2) is 43.4 Å². The van der Waals surface area contributed by atoms with Crippen LogP contribution in [-0.2, 0) is 16.0 Å². The standard InChI is InChI=1S/C16H24N4O2S/c21-15(19-17-11-13-4-2-1-3-5-13)10-14-12-23-16(18-14)20-6-8-22-9-7-20/h11-13H,1-10H2,(H,19,21)/b17-11+. The summed E-state index contributed by atoms with van der Waals surface area (Å²) in [6.45, 7) is 3.21. The summed E-state index contributed by atoms with van der Waals surface area (Å²) in [5.74, 6) is 0.423. The molecule has 2 heterocycles. The zero-order valence-corrected chi connectivity index (χ0v) is 14.2. The van der Waals surface area contributed by atoms with Crippen molar-refractivity contribution in [2.45, 2.75) is 38.5 Å². The van der Waals surface area contributed by atoms with Gasteiger partial charge in [0.25, 0.3) is 0 Å². The minimum atomic E-state index is -0.101. The maximum absolute atomic E-state index is 11.9. The van der Waals surface area contributed by atoms with Gasteiger partial charge in [-0.05, 0) is 18.8 Å². The molecule has 23 heavy (non-hydrogen) atoms. The van der Waals surface area contributed by atoms with E-state index in [1.807, 2.05) is 11.6 Å². The van der Waals surface area contributed by atoms with E-state index in [0.29, 0.717) is 5.92 Å². The topological polar surface area (TPSA) is 66.8 Å². The van der Waals surface area contributed by atoms with Gasteiger partial charge in [-0.2, -0.15) is 5.10 Å². The molecule has 0 atom stereocenters. The molecule has 1 aromatic rings. The molecule has 3 rings (SSSR count). The lowest BCUT2D eigenvalue weighted by Gasteiger charge is -2.26. The minimum Gasteiger partial charge on any atom is -0.378 e. The van der Waals surface area contributed by atoms with E-state index < -0.39 is 0 Å². The van der Waals surface area contributed by atoms with Crippen molar-refractivity contribution >= 4 is 28.6 Å². The fourth-order valence-electron chi connectivity index (χ4n) is 2.98. The fourth-order valence-corrected chi connectivity index (χ4v) is 3.86. The Balaban J connectivity index is 1.44. The predicted octanol–water partition coefficient (Wildman–Crippen LogP) is 2.20. The summed E-state index contributed by atoms with van der Waals surface area (Å²) in [6, 6.07) is 0. The molecule has 6 nitrogen and oxygen atoms in total. The van der Waals surface area contributed by atoms with Gasteiger partial charge in [-0.25, -0.2) is 10.4 Å². The van der Waals surface area contributed by atoms with Gasteiger partial charge in [0.15, 0.2) is 5.13 Å². The highest BCUT2D eigenvalue weighted by Crippen LogP contribution is 2.22. The lowest BCUT2D eigenvalue weighted by Crippen LogP contribution is -2.36. The molecule has 1 saturated carbocycles. The van der Waals surface area contributed by atoms with Gasteiger partial charge in [0.05, 0.1) is 25.3 Å². The SMILES string of the molecule is O=C(Cc1csc(N2CCOCC2)n1)N/N=C/C1CCCCC1. The van der Waals surface area contributed by atoms with Crippen molar-refractivity contribution in [2.75, 3.05) is 31.2 Å². The second-order valence-corrected chi connectivity index (χ2v) is 6.95. The molecule has 0 bridgehead atoms. The fraction of sp³-hybridized carbons (Fsp3) is 0.688. The molecule has 1 aromatic heterocycles. The van der Waals surface area contributed by atoms with E-state index in [-0.39, 0.29) is 12.3 Å². The second-order valence-electron chi connectivity index (χ2n) is 6.11. The third-order valence-electron chi connectivity index (χ3n) is 4.29. The quantitative estimate of drug-likeness (QED) is 0.661. The second kappa shape index (κ2) is 8.40. The van der Waals surface area contributed by atoms with Gasteiger partial charge in [0, 0.05) is 24.7 Å². The Morgan fingerprint density at radius 1 is 1.39 bits per heavy atom. The van der Waals surface area contributed by atoms with E-state index in [1.165, 1.54) is 32.1 Å². The number of aromatic nitrogens is 1. The predicted molar refractivity (Wildman–Crippen MR) is 92.1 cm³/mol. The van der Waals surface area contributed by atoms with E-state index >= 15 is 0 Å². The van der Waals surface area contributed by atoms with Crippen molar-refractivity contribution < 1.29 is 9.53 Å². The van der Waals surface area contributed by atoms with Crippen LogP contribution < -0.4 is 10.3 Å². The van der Waals surface area contributed by atoms with Crippen LogP contribution in [0.1, 0.15) is 37.8 Å². The van der Waals surface area contributed by atoms with Crippen LogP contribution in [0.3, 0.4) is 0 Å². The molecule has 0 spiro atoms. The van der Waals surface area contributed by atoms with Crippen LogP contribution in [0.2, 0.25) is 0 Å². The number of ether oxygens (including phenoxy) is 1. The van der Waals surface area contributed by atoms with Gasteiger partial charge in [-0.15, -0.1) is 11.3 Å². The molecule has 1 saturated heterocycles. The number of hydrazone groups is 1. The molecule has 0 radical (unpaired) electrons. The number of hydrogen-bond acceptors (Lipinski definition) is 6. The first-order valence-electron chi connectivity index (χ1n) is 8.40. The molecule has 0 aromatic carbocycles. The van der Waals surface area contributed by atoms with E-state index in [2.05, 4.69) is 20.4 Å². The molecule has 7 heteroatoms. The number of anilines is 1. The van der Waals surface area contributed by atoms with Gasteiger partial charge in [-0.1, -0.05) is 19.3 Å². The summed E-state index contributed by atoms with van der Waals surface area (Å²) >= 11 is 1.59. The number of amides is 1. The average molecular weight is 336 g/mol. The van der Waals surface area contributed by atoms with E-state index in [4.69, 9.17) is 4.74 Å². The average Bonchev–Trinajstić information content (AvgIpc) is 3.05. The molecular weight excluding hydrogens is 312 g/mol. The van der Waals surface area contributed by atoms with Gasteiger partial charge in [0.1, 0.15) is 0 Å². The smallest absolute Gasteiger partial charge is 0.246 e. The van der Waals surface area contributed by atoms with Gasteiger partial charge in [0.2, 0.25) is 5.91 Å². The Bertz CT molecular complexity index is 534. The molecule has 1 N–H and O–H groups in total. The summed E-state index contributed by atoms with van der Waals surface area (Å²) in [6.07, 6.45) is 8.43. The number of hydrogen-bond donors (Lipinski definition) is 1. The monoisotopic (exact) mass is 336 g/mol. The molecule has 1 amide bonds. The summed E-state index contributed by atoms with van der Waals surface area (Å²) < 4.78 is 5.34. The van der Waals surface area contributed by atoms with Crippen molar-refractivity contribution in [3.63, 3.8) is 0 Å². The van der Waals surface area contributed by atoms with Crippen molar-refractivity contribution in [1.82, 2.24) is 10.4 Å². The Labute approximate surface area is 140 Å². The van der Waals surface area contributed by atoms with E-state index in [0.717, 1.165) is 37.1 Å². The first-order chi connectivity index (χ1) is 11.3. The Morgan fingerprint density at radius 2 is 2.17 bits per heavy atom. The van der Waals surface area contributed by atoms with Crippen LogP contribution in [0.5, 0.6) is 0 Å². The molecule has 0 unspecified atom stereocenters. The summed E-state index contributed by atoms with van der Waals surface area (Å²) in [4.78, 5) is 18.7. The van der Waals surface area contributed by atoms with Gasteiger partial charge >= 0.3 is 0 Å². The Hall–Kier alpha value is -1.47. The lowest BCUT2D eigenvalue weighted by molar-refractivity contribution is -0.120. The summed E-state index contributed by atoms with van der Waals surface area (Å²) in [7, 11) is 0. The summed E-state index contributed by atoms with van der Waals surface area (Å²) in [5.41, 5.74) is 3.44. The molecule has 2 fully saturated rings. The van der Waals surface area contributed by atoms with E-state index in [1.54, 1.807) is 11.3 Å². The maximum Gasteiger partial charge on any atom is 0.246 e. The molecule has 2 aliphatic rings. The van der Waals surface area contributed by atoms with E-state index in [9.17, 15) is 4.79 Å². The van der Waals surface area contributed by atoms with Crippen molar-refractivity contribution in [2.24, 2.45) is 11.0 Å². The van der Waals surface area contributed by atoms with Crippen molar-refractivity contribution in [3.05, 3.63) is 11.1 Å². The highest BCUT2D eigenvalue weighted by atomic mass is 32.1. The molecule has 1 aliphatic heterocycles. The highest BCUT2D eigenvalue weighted by Gasteiger charge is 2.16. The Kier molecular flexibility index (Phi) is 5.99. The van der Waals surface area contributed by atoms with Crippen molar-refractivity contribution in [1.29, 1.82) is 0 Å². The maximum atomic E-state index is 11.9. The highest BCUT2D eigenvalue weighted by molar-refractivity contribution is 7.13. The lowest BCUT2D eigenvalue weighted by atomic mass is 9.90. The van der Waals surface area contributed by atoms with Crippen LogP contribution in [0, 0.1) is 5.92 Å². The number of nitrogens with zero attached hydrogens (tertiary/aromatic N) is 3. The third kappa shape index (κ3) is 5.00. The number of morpholine rings is 1. The zero-order valence-electron chi connectivity index (χ0n) is 13.4. The van der Waals surface area contributed by atoms with Crippen LogP contribution in [0.15, 0.2) is 10.5 Å². The third-order valence-corrected chi connectivity index (χ3v) is 5.24. The number of carbonyl (C=O) groups is 1. The largest absolute Gasteiger partial charge is 0.378 e. The number of rotatable bonds is 5. The number of carbonyl (C=O) groups excluding carboxylic acids is 1. The first-order valence-corrected chi connectivity index (χ1v) is 9.28. The zero-order chi connectivity index (χ0) is 15.9. The van der Waals surface area contributed by atoms with Crippen LogP contribution in [0.4, 0.5) is 5.13 Å². The number of thiazole rings is 1. The number of nitrogens with one attached hydrogen (secondary N) is 1. The first kappa shape index (κ1) is 16.4. The minimum absolute atomic E-state index is 0.101. The summed E-state index contributed by atoms with van der Waals surface area (Å²) in [5, 5.41) is 7.04. The van der Waals surface area contributed by atoms with Crippen LogP contribution in [0.25, 0.3) is 0 Å².